The lowest BCUT2D eigenvalue weighted by molar-refractivity contribution is -0.118. The summed E-state index contributed by atoms with van der Waals surface area (Å²) in [6.45, 7) is 3.29. The van der Waals surface area contributed by atoms with Crippen molar-refractivity contribution in [2.75, 3.05) is 11.9 Å². The van der Waals surface area contributed by atoms with Gasteiger partial charge in [0.15, 0.2) is 6.61 Å². The van der Waals surface area contributed by atoms with E-state index in [1.54, 1.807) is 25.1 Å². The minimum Gasteiger partial charge on any atom is -0.482 e. The number of aryl methyl sites for hydroxylation is 1. The Bertz CT molecular complexity index is 1220. The molecule has 168 valence electrons. The van der Waals surface area contributed by atoms with Gasteiger partial charge in [-0.2, -0.15) is 0 Å². The molecule has 3 aromatic rings. The fourth-order valence-electron chi connectivity index (χ4n) is 2.97. The van der Waals surface area contributed by atoms with Crippen molar-refractivity contribution in [3.05, 3.63) is 87.9 Å². The molecule has 32 heavy (non-hydrogen) atoms. The normalized spacial score (nSPS) is 12.2. The SMILES string of the molecule is Cc1cc(Cl)ccc1NC(=O)COc1ccc(S(=O)(=O)NC(C)c2ccccc2)cc1Cl. The van der Waals surface area contributed by atoms with Crippen LogP contribution in [-0.4, -0.2) is 20.9 Å². The van der Waals surface area contributed by atoms with Gasteiger partial charge in [0.05, 0.1) is 9.92 Å². The maximum absolute atomic E-state index is 12.7. The predicted molar refractivity (Wildman–Crippen MR) is 127 cm³/mol. The maximum Gasteiger partial charge on any atom is 0.262 e. The lowest BCUT2D eigenvalue weighted by Gasteiger charge is -2.15. The summed E-state index contributed by atoms with van der Waals surface area (Å²) >= 11 is 12.1. The molecule has 2 N–H and O–H groups in total. The second-order valence-electron chi connectivity index (χ2n) is 7.14. The first-order valence-corrected chi connectivity index (χ1v) is 12.0. The molecule has 0 aliphatic rings. The highest BCUT2D eigenvalue weighted by Crippen LogP contribution is 2.28. The summed E-state index contributed by atoms with van der Waals surface area (Å²) in [5, 5.41) is 3.38. The van der Waals surface area contributed by atoms with E-state index in [2.05, 4.69) is 10.0 Å². The number of rotatable bonds is 8. The van der Waals surface area contributed by atoms with E-state index in [-0.39, 0.29) is 28.2 Å². The number of carbonyl (C=O) groups excluding carboxylic acids is 1. The van der Waals surface area contributed by atoms with Gasteiger partial charge in [-0.05, 0) is 61.4 Å². The standard InChI is InChI=1S/C23H22Cl2N2O4S/c1-15-12-18(24)8-10-21(15)26-23(28)14-31-22-11-9-19(13-20(22)25)32(29,30)27-16(2)17-6-4-3-5-7-17/h3-13,16,27H,14H2,1-2H3,(H,26,28). The molecule has 1 unspecified atom stereocenters. The molecule has 0 spiro atoms. The smallest absolute Gasteiger partial charge is 0.262 e. The van der Waals surface area contributed by atoms with Crippen LogP contribution in [0.2, 0.25) is 10.0 Å². The quantitative estimate of drug-likeness (QED) is 0.443. The number of anilines is 1. The molecular formula is C23H22Cl2N2O4S. The number of hydrogen-bond donors (Lipinski definition) is 2. The number of hydrogen-bond acceptors (Lipinski definition) is 4. The van der Waals surface area contributed by atoms with Crippen LogP contribution in [0.4, 0.5) is 5.69 Å². The number of ether oxygens (including phenoxy) is 1. The second-order valence-corrected chi connectivity index (χ2v) is 9.70. The molecule has 0 bridgehead atoms. The Kier molecular flexibility index (Phi) is 7.79. The minimum absolute atomic E-state index is 0.00104. The molecule has 9 heteroatoms. The van der Waals surface area contributed by atoms with Crippen LogP contribution in [0.3, 0.4) is 0 Å². The zero-order chi connectivity index (χ0) is 23.3. The summed E-state index contributed by atoms with van der Waals surface area (Å²) in [5.74, 6) is -0.189. The number of amides is 1. The highest BCUT2D eigenvalue weighted by atomic mass is 35.5. The summed E-state index contributed by atoms with van der Waals surface area (Å²) < 4.78 is 33.5. The zero-order valence-corrected chi connectivity index (χ0v) is 19.8. The van der Waals surface area contributed by atoms with Gasteiger partial charge in [-0.3, -0.25) is 4.79 Å². The van der Waals surface area contributed by atoms with Crippen molar-refractivity contribution < 1.29 is 17.9 Å². The molecule has 3 aromatic carbocycles. The monoisotopic (exact) mass is 492 g/mol. The Morgan fingerprint density at radius 1 is 1.03 bits per heavy atom. The van der Waals surface area contributed by atoms with Gasteiger partial charge in [-0.1, -0.05) is 53.5 Å². The van der Waals surface area contributed by atoms with Gasteiger partial charge >= 0.3 is 0 Å². The molecule has 0 saturated carbocycles. The van der Waals surface area contributed by atoms with E-state index in [1.165, 1.54) is 18.2 Å². The second kappa shape index (κ2) is 10.4. The Labute approximate surface area is 197 Å². The molecule has 0 fully saturated rings. The summed E-state index contributed by atoms with van der Waals surface area (Å²) in [7, 11) is -3.81. The molecule has 6 nitrogen and oxygen atoms in total. The molecule has 0 saturated heterocycles. The topological polar surface area (TPSA) is 84.5 Å². The molecule has 0 aromatic heterocycles. The molecule has 0 aliphatic heterocycles. The van der Waals surface area contributed by atoms with Crippen molar-refractivity contribution >= 4 is 44.8 Å². The van der Waals surface area contributed by atoms with Crippen molar-refractivity contribution in [1.29, 1.82) is 0 Å². The van der Waals surface area contributed by atoms with Crippen molar-refractivity contribution in [3.63, 3.8) is 0 Å². The van der Waals surface area contributed by atoms with Gasteiger partial charge in [-0.15, -0.1) is 0 Å². The van der Waals surface area contributed by atoms with Crippen molar-refractivity contribution in [2.24, 2.45) is 0 Å². The average molecular weight is 493 g/mol. The molecule has 3 rings (SSSR count). The summed E-state index contributed by atoms with van der Waals surface area (Å²) in [6, 6.07) is 18.0. The summed E-state index contributed by atoms with van der Waals surface area (Å²) in [5.41, 5.74) is 2.27. The van der Waals surface area contributed by atoms with Crippen molar-refractivity contribution in [3.8, 4) is 5.75 Å². The van der Waals surface area contributed by atoms with Crippen LogP contribution in [-0.2, 0) is 14.8 Å². The largest absolute Gasteiger partial charge is 0.482 e. The molecule has 0 heterocycles. The summed E-state index contributed by atoms with van der Waals surface area (Å²) in [6.07, 6.45) is 0. The van der Waals surface area contributed by atoms with Crippen LogP contribution in [0.15, 0.2) is 71.6 Å². The van der Waals surface area contributed by atoms with Crippen LogP contribution in [0.25, 0.3) is 0 Å². The van der Waals surface area contributed by atoms with Crippen LogP contribution >= 0.6 is 23.2 Å². The van der Waals surface area contributed by atoms with E-state index >= 15 is 0 Å². The summed E-state index contributed by atoms with van der Waals surface area (Å²) in [4.78, 5) is 12.2. The first-order valence-electron chi connectivity index (χ1n) is 9.71. The Morgan fingerprint density at radius 2 is 1.75 bits per heavy atom. The van der Waals surface area contributed by atoms with E-state index in [0.717, 1.165) is 11.1 Å². The Morgan fingerprint density at radius 3 is 2.41 bits per heavy atom. The van der Waals surface area contributed by atoms with Crippen molar-refractivity contribution in [1.82, 2.24) is 4.72 Å². The van der Waals surface area contributed by atoms with E-state index in [4.69, 9.17) is 27.9 Å². The molecule has 1 amide bonds. The fourth-order valence-corrected chi connectivity index (χ4v) is 4.76. The maximum atomic E-state index is 12.7. The van der Waals surface area contributed by atoms with Gasteiger partial charge in [0.25, 0.3) is 5.91 Å². The predicted octanol–water partition coefficient (Wildman–Crippen LogP) is 5.36. The van der Waals surface area contributed by atoms with Gasteiger partial charge < -0.3 is 10.1 Å². The first-order chi connectivity index (χ1) is 15.2. The third kappa shape index (κ3) is 6.23. The van der Waals surface area contributed by atoms with E-state index in [0.29, 0.717) is 10.7 Å². The number of halogens is 2. The van der Waals surface area contributed by atoms with E-state index in [9.17, 15) is 13.2 Å². The van der Waals surface area contributed by atoms with Gasteiger partial charge in [0, 0.05) is 16.8 Å². The van der Waals surface area contributed by atoms with Crippen LogP contribution in [0, 0.1) is 6.92 Å². The number of benzene rings is 3. The number of carbonyl (C=O) groups is 1. The minimum atomic E-state index is -3.81. The van der Waals surface area contributed by atoms with Crippen LogP contribution in [0.5, 0.6) is 5.75 Å². The third-order valence-electron chi connectivity index (χ3n) is 4.67. The van der Waals surface area contributed by atoms with Gasteiger partial charge in [0.2, 0.25) is 10.0 Å². The molecule has 1 atom stereocenters. The van der Waals surface area contributed by atoms with Gasteiger partial charge in [-0.25, -0.2) is 13.1 Å². The molecular weight excluding hydrogens is 471 g/mol. The van der Waals surface area contributed by atoms with Gasteiger partial charge in [0.1, 0.15) is 5.75 Å². The zero-order valence-electron chi connectivity index (χ0n) is 17.4. The first kappa shape index (κ1) is 24.1. The molecule has 0 aliphatic carbocycles. The van der Waals surface area contributed by atoms with Crippen molar-refractivity contribution in [2.45, 2.75) is 24.8 Å². The van der Waals surface area contributed by atoms with E-state index in [1.807, 2.05) is 37.3 Å². The van der Waals surface area contributed by atoms with E-state index < -0.39 is 16.1 Å². The Balaban J connectivity index is 1.63. The third-order valence-corrected chi connectivity index (χ3v) is 6.74. The van der Waals surface area contributed by atoms with Crippen LogP contribution in [0.1, 0.15) is 24.1 Å². The molecule has 0 radical (unpaired) electrons. The highest BCUT2D eigenvalue weighted by molar-refractivity contribution is 7.89. The fraction of sp³-hybridized carbons (Fsp3) is 0.174. The lowest BCUT2D eigenvalue weighted by atomic mass is 10.1. The van der Waals surface area contributed by atoms with Crippen LogP contribution < -0.4 is 14.8 Å². The highest BCUT2D eigenvalue weighted by Gasteiger charge is 2.20. The average Bonchev–Trinajstić information content (AvgIpc) is 2.75. The number of sulfonamides is 1. The number of nitrogens with one attached hydrogen (secondary N) is 2. The lowest BCUT2D eigenvalue weighted by Crippen LogP contribution is -2.27. The Hall–Kier alpha value is -2.58.